The van der Waals surface area contributed by atoms with Crippen LogP contribution in [-0.2, 0) is 20.8 Å². The second-order valence-corrected chi connectivity index (χ2v) is 4.45. The van der Waals surface area contributed by atoms with Crippen molar-refractivity contribution < 1.29 is 14.3 Å². The van der Waals surface area contributed by atoms with Gasteiger partial charge in [-0.25, -0.2) is 4.79 Å². The number of carbonyl (C=O) groups is 1. The molecule has 0 saturated heterocycles. The normalized spacial score (nSPS) is 21.7. The Kier molecular flexibility index (Phi) is 4.11. The predicted octanol–water partition coefficient (Wildman–Crippen LogP) is 1.43. The van der Waals surface area contributed by atoms with Gasteiger partial charge >= 0.3 is 5.97 Å². The molecule has 6 nitrogen and oxygen atoms in total. The van der Waals surface area contributed by atoms with Gasteiger partial charge in [-0.05, 0) is 5.56 Å². The molecule has 1 aromatic carbocycles. The number of hydrogen-bond acceptors (Lipinski definition) is 6. The Labute approximate surface area is 112 Å². The van der Waals surface area contributed by atoms with Crippen LogP contribution in [-0.4, -0.2) is 43.9 Å². The van der Waals surface area contributed by atoms with Crippen LogP contribution < -0.4 is 0 Å². The highest BCUT2D eigenvalue weighted by molar-refractivity contribution is 5.81. The number of esters is 1. The van der Waals surface area contributed by atoms with Crippen molar-refractivity contribution in [1.29, 1.82) is 0 Å². The highest BCUT2D eigenvalue weighted by Crippen LogP contribution is 2.24. The van der Waals surface area contributed by atoms with E-state index in [1.165, 1.54) is 14.2 Å². The number of benzene rings is 1. The van der Waals surface area contributed by atoms with Gasteiger partial charge < -0.3 is 9.47 Å². The molecule has 0 N–H and O–H groups in total. The van der Waals surface area contributed by atoms with Gasteiger partial charge in [0.05, 0.1) is 26.8 Å². The summed E-state index contributed by atoms with van der Waals surface area (Å²) in [5.41, 5.74) is 0.0673. The van der Waals surface area contributed by atoms with Crippen molar-refractivity contribution in [2.45, 2.75) is 12.1 Å². The summed E-state index contributed by atoms with van der Waals surface area (Å²) in [6.07, 6.45) is 0. The summed E-state index contributed by atoms with van der Waals surface area (Å²) in [7, 11) is 2.87. The smallest absolute Gasteiger partial charge is 0.340 e. The van der Waals surface area contributed by atoms with Crippen LogP contribution in [0.4, 0.5) is 0 Å². The lowest BCUT2D eigenvalue weighted by Crippen LogP contribution is -2.46. The van der Waals surface area contributed by atoms with E-state index < -0.39 is 11.5 Å². The molecule has 1 aliphatic heterocycles. The molecule has 19 heavy (non-hydrogen) atoms. The maximum atomic E-state index is 11.8. The van der Waals surface area contributed by atoms with E-state index in [1.54, 1.807) is 5.01 Å². The molecule has 1 aromatic rings. The van der Waals surface area contributed by atoms with E-state index in [4.69, 9.17) is 9.47 Å². The molecule has 1 atom stereocenters. The lowest BCUT2D eigenvalue weighted by molar-refractivity contribution is -0.148. The van der Waals surface area contributed by atoms with Crippen molar-refractivity contribution in [2.24, 2.45) is 10.3 Å². The maximum absolute atomic E-state index is 11.8. The van der Waals surface area contributed by atoms with Crippen LogP contribution in [0.5, 0.6) is 0 Å². The molecule has 0 saturated carbocycles. The fourth-order valence-corrected chi connectivity index (χ4v) is 2.06. The molecule has 1 heterocycles. The largest absolute Gasteiger partial charge is 0.467 e. The van der Waals surface area contributed by atoms with Crippen molar-refractivity contribution in [3.63, 3.8) is 0 Å². The third-order valence-electron chi connectivity index (χ3n) is 2.96. The molecule has 0 aromatic heterocycles. The minimum absolute atomic E-state index is 0.161. The average molecular weight is 263 g/mol. The fraction of sp³-hybridized carbons (Fsp3) is 0.462. The molecule has 0 spiro atoms. The molecule has 0 fully saturated rings. The highest BCUT2D eigenvalue weighted by Gasteiger charge is 2.46. The van der Waals surface area contributed by atoms with E-state index in [0.29, 0.717) is 13.1 Å². The zero-order chi connectivity index (χ0) is 13.7. The van der Waals surface area contributed by atoms with Crippen LogP contribution in [0.25, 0.3) is 0 Å². The third kappa shape index (κ3) is 2.90. The molecular formula is C13H17N3O3. The SMILES string of the molecule is COCC1(C(=O)OC)CN(Cc2ccccc2)N=N1. The molecular weight excluding hydrogens is 246 g/mol. The molecule has 2 rings (SSSR count). The second kappa shape index (κ2) is 5.79. The Morgan fingerprint density at radius 1 is 1.37 bits per heavy atom. The van der Waals surface area contributed by atoms with Crippen LogP contribution >= 0.6 is 0 Å². The first-order valence-corrected chi connectivity index (χ1v) is 5.99. The lowest BCUT2D eigenvalue weighted by Gasteiger charge is -2.22. The first kappa shape index (κ1) is 13.5. The van der Waals surface area contributed by atoms with Gasteiger partial charge in [0.15, 0.2) is 0 Å². The number of rotatable bonds is 5. The Morgan fingerprint density at radius 3 is 2.74 bits per heavy atom. The van der Waals surface area contributed by atoms with Gasteiger partial charge in [0.1, 0.15) is 0 Å². The molecule has 0 amide bonds. The summed E-state index contributed by atoms with van der Waals surface area (Å²) in [6, 6.07) is 9.89. The van der Waals surface area contributed by atoms with E-state index in [9.17, 15) is 4.79 Å². The van der Waals surface area contributed by atoms with Crippen LogP contribution in [0, 0.1) is 0 Å². The van der Waals surface area contributed by atoms with Crippen molar-refractivity contribution in [1.82, 2.24) is 5.01 Å². The maximum Gasteiger partial charge on any atom is 0.340 e. The molecule has 0 radical (unpaired) electrons. The predicted molar refractivity (Wildman–Crippen MR) is 68.3 cm³/mol. The summed E-state index contributed by atoms with van der Waals surface area (Å²) >= 11 is 0. The van der Waals surface area contributed by atoms with Gasteiger partial charge in [0.25, 0.3) is 0 Å². The molecule has 102 valence electrons. The van der Waals surface area contributed by atoms with Crippen LogP contribution in [0.2, 0.25) is 0 Å². The highest BCUT2D eigenvalue weighted by atomic mass is 16.5. The number of carbonyl (C=O) groups excluding carboxylic acids is 1. The Bertz CT molecular complexity index is 463. The molecule has 0 bridgehead atoms. The zero-order valence-corrected chi connectivity index (χ0v) is 11.1. The van der Waals surface area contributed by atoms with Gasteiger partial charge in [-0.3, -0.25) is 5.01 Å². The minimum Gasteiger partial charge on any atom is -0.467 e. The average Bonchev–Trinajstić information content (AvgIpc) is 2.84. The van der Waals surface area contributed by atoms with Gasteiger partial charge in [-0.1, -0.05) is 35.6 Å². The summed E-state index contributed by atoms with van der Waals surface area (Å²) in [4.78, 5) is 11.8. The summed E-state index contributed by atoms with van der Waals surface area (Å²) in [5, 5.41) is 9.85. The number of methoxy groups -OCH3 is 2. The topological polar surface area (TPSA) is 63.5 Å². The monoisotopic (exact) mass is 263 g/mol. The molecule has 0 aliphatic carbocycles. The number of ether oxygens (including phenoxy) is 2. The summed E-state index contributed by atoms with van der Waals surface area (Å²) in [5.74, 6) is -0.423. The van der Waals surface area contributed by atoms with Crippen LogP contribution in [0.1, 0.15) is 5.56 Å². The van der Waals surface area contributed by atoms with Gasteiger partial charge in [-0.15, -0.1) is 5.11 Å². The van der Waals surface area contributed by atoms with E-state index in [2.05, 4.69) is 10.3 Å². The Morgan fingerprint density at radius 2 is 2.11 bits per heavy atom. The van der Waals surface area contributed by atoms with Gasteiger partial charge in [-0.2, -0.15) is 0 Å². The Hall–Kier alpha value is -1.95. The summed E-state index contributed by atoms with van der Waals surface area (Å²) < 4.78 is 9.86. The van der Waals surface area contributed by atoms with E-state index in [-0.39, 0.29) is 6.61 Å². The molecule has 1 unspecified atom stereocenters. The minimum atomic E-state index is -1.04. The first-order chi connectivity index (χ1) is 9.20. The fourth-order valence-electron chi connectivity index (χ4n) is 2.06. The molecule has 6 heteroatoms. The standard InChI is InChI=1S/C13H17N3O3/c1-18-10-13(12(17)19-2)9-16(15-14-13)8-11-6-4-3-5-7-11/h3-7H,8-10H2,1-2H3. The Balaban J connectivity index is 2.05. The van der Waals surface area contributed by atoms with Gasteiger partial charge in [0.2, 0.25) is 5.54 Å². The zero-order valence-electron chi connectivity index (χ0n) is 11.1. The first-order valence-electron chi connectivity index (χ1n) is 5.99. The quantitative estimate of drug-likeness (QED) is 0.754. The summed E-state index contributed by atoms with van der Waals surface area (Å²) in [6.45, 7) is 1.13. The van der Waals surface area contributed by atoms with E-state index >= 15 is 0 Å². The third-order valence-corrected chi connectivity index (χ3v) is 2.96. The lowest BCUT2D eigenvalue weighted by atomic mass is 10.0. The number of nitrogens with zero attached hydrogens (tertiary/aromatic N) is 3. The number of hydrogen-bond donors (Lipinski definition) is 0. The second-order valence-electron chi connectivity index (χ2n) is 4.45. The van der Waals surface area contributed by atoms with Crippen molar-refractivity contribution in [2.75, 3.05) is 27.4 Å². The van der Waals surface area contributed by atoms with Crippen molar-refractivity contribution in [3.05, 3.63) is 35.9 Å². The van der Waals surface area contributed by atoms with Crippen LogP contribution in [0.15, 0.2) is 40.7 Å². The molecule has 1 aliphatic rings. The van der Waals surface area contributed by atoms with Gasteiger partial charge in [0, 0.05) is 7.11 Å². The van der Waals surface area contributed by atoms with E-state index in [1.807, 2.05) is 30.3 Å². The van der Waals surface area contributed by atoms with Crippen molar-refractivity contribution in [3.8, 4) is 0 Å². The van der Waals surface area contributed by atoms with Crippen LogP contribution in [0.3, 0.4) is 0 Å². The van der Waals surface area contributed by atoms with E-state index in [0.717, 1.165) is 5.56 Å². The van der Waals surface area contributed by atoms with Crippen molar-refractivity contribution >= 4 is 5.97 Å².